The Morgan fingerprint density at radius 1 is 1.43 bits per heavy atom. The Balaban J connectivity index is 2.35. The molecule has 2 aromatic rings. The van der Waals surface area contributed by atoms with Crippen molar-refractivity contribution in [2.75, 3.05) is 7.05 Å². The quantitative estimate of drug-likeness (QED) is 0.887. The molecule has 1 aromatic carbocycles. The van der Waals surface area contributed by atoms with E-state index in [9.17, 15) is 12.8 Å². The topological polar surface area (TPSA) is 81.2 Å². The zero-order chi connectivity index (χ0) is 15.6. The zero-order valence-electron chi connectivity index (χ0n) is 11.8. The van der Waals surface area contributed by atoms with Crippen molar-refractivity contribution in [2.45, 2.75) is 18.0 Å². The van der Waals surface area contributed by atoms with Crippen molar-refractivity contribution in [3.8, 4) is 0 Å². The number of nitrogens with two attached hydrogens (primary N) is 1. The van der Waals surface area contributed by atoms with Crippen molar-refractivity contribution in [2.24, 2.45) is 12.8 Å². The van der Waals surface area contributed by atoms with Crippen LogP contribution in [0.3, 0.4) is 0 Å². The van der Waals surface area contributed by atoms with E-state index in [1.165, 1.54) is 25.2 Å². The van der Waals surface area contributed by atoms with E-state index in [0.717, 1.165) is 9.87 Å². The van der Waals surface area contributed by atoms with Crippen molar-refractivity contribution in [1.82, 2.24) is 14.1 Å². The molecule has 0 aliphatic heterocycles. The average molecular weight is 312 g/mol. The standard InChI is InChI=1S/C13H17FN4O2S/c1-17-8-10(7-16-17)9-18(2)21(19,20)13-5-3-4-12(14)11(13)6-15/h3-5,7-8H,6,9,15H2,1-2H3. The van der Waals surface area contributed by atoms with Gasteiger partial charge in [0, 0.05) is 44.5 Å². The first kappa shape index (κ1) is 15.6. The maximum Gasteiger partial charge on any atom is 0.243 e. The second-order valence-electron chi connectivity index (χ2n) is 4.70. The van der Waals surface area contributed by atoms with Crippen LogP contribution in [0, 0.1) is 5.82 Å². The number of hydrogen-bond acceptors (Lipinski definition) is 4. The Labute approximate surface area is 123 Å². The highest BCUT2D eigenvalue weighted by molar-refractivity contribution is 7.89. The molecule has 0 aliphatic rings. The van der Waals surface area contributed by atoms with Gasteiger partial charge in [-0.15, -0.1) is 0 Å². The van der Waals surface area contributed by atoms with Crippen LogP contribution in [0.1, 0.15) is 11.1 Å². The van der Waals surface area contributed by atoms with Gasteiger partial charge in [-0.1, -0.05) is 6.07 Å². The van der Waals surface area contributed by atoms with E-state index in [-0.39, 0.29) is 23.5 Å². The molecule has 114 valence electrons. The molecule has 0 atom stereocenters. The molecule has 1 heterocycles. The third kappa shape index (κ3) is 3.12. The number of halogens is 1. The molecule has 8 heteroatoms. The van der Waals surface area contributed by atoms with Crippen LogP contribution in [-0.4, -0.2) is 29.6 Å². The second kappa shape index (κ2) is 5.92. The fourth-order valence-electron chi connectivity index (χ4n) is 2.04. The van der Waals surface area contributed by atoms with Crippen LogP contribution in [-0.2, 0) is 30.2 Å². The summed E-state index contributed by atoms with van der Waals surface area (Å²) in [5.41, 5.74) is 6.21. The summed E-state index contributed by atoms with van der Waals surface area (Å²) in [6, 6.07) is 3.92. The molecule has 0 fully saturated rings. The summed E-state index contributed by atoms with van der Waals surface area (Å²) in [5.74, 6) is -0.617. The van der Waals surface area contributed by atoms with Gasteiger partial charge < -0.3 is 5.73 Å². The second-order valence-corrected chi connectivity index (χ2v) is 6.72. The smallest absolute Gasteiger partial charge is 0.243 e. The van der Waals surface area contributed by atoms with Crippen LogP contribution in [0.4, 0.5) is 4.39 Å². The molecule has 2 rings (SSSR count). The van der Waals surface area contributed by atoms with Crippen LogP contribution < -0.4 is 5.73 Å². The van der Waals surface area contributed by atoms with Crippen LogP contribution in [0.15, 0.2) is 35.5 Å². The molecule has 0 spiro atoms. The van der Waals surface area contributed by atoms with Gasteiger partial charge in [-0.05, 0) is 12.1 Å². The average Bonchev–Trinajstić information content (AvgIpc) is 2.83. The Bertz CT molecular complexity index is 742. The minimum atomic E-state index is -3.82. The number of aryl methyl sites for hydroxylation is 1. The highest BCUT2D eigenvalue weighted by atomic mass is 32.2. The lowest BCUT2D eigenvalue weighted by atomic mass is 10.2. The van der Waals surface area contributed by atoms with Crippen molar-refractivity contribution in [3.05, 3.63) is 47.5 Å². The maximum atomic E-state index is 13.7. The fraction of sp³-hybridized carbons (Fsp3) is 0.308. The van der Waals surface area contributed by atoms with E-state index in [1.54, 1.807) is 24.1 Å². The van der Waals surface area contributed by atoms with Gasteiger partial charge in [0.2, 0.25) is 10.0 Å². The first-order valence-corrected chi connectivity index (χ1v) is 7.71. The molecule has 0 radical (unpaired) electrons. The lowest BCUT2D eigenvalue weighted by Gasteiger charge is -2.18. The van der Waals surface area contributed by atoms with Gasteiger partial charge in [0.15, 0.2) is 0 Å². The normalized spacial score (nSPS) is 12.0. The van der Waals surface area contributed by atoms with Crippen molar-refractivity contribution < 1.29 is 12.8 Å². The Morgan fingerprint density at radius 3 is 2.71 bits per heavy atom. The zero-order valence-corrected chi connectivity index (χ0v) is 12.6. The number of benzene rings is 1. The van der Waals surface area contributed by atoms with Crippen LogP contribution >= 0.6 is 0 Å². The molecule has 0 saturated heterocycles. The molecule has 2 N–H and O–H groups in total. The van der Waals surface area contributed by atoms with Crippen LogP contribution in [0.25, 0.3) is 0 Å². The molecule has 0 saturated carbocycles. The molecule has 1 aromatic heterocycles. The third-order valence-electron chi connectivity index (χ3n) is 3.13. The van der Waals surface area contributed by atoms with Crippen molar-refractivity contribution in [1.29, 1.82) is 0 Å². The third-order valence-corrected chi connectivity index (χ3v) is 5.02. The van der Waals surface area contributed by atoms with Crippen molar-refractivity contribution in [3.63, 3.8) is 0 Å². The van der Waals surface area contributed by atoms with Gasteiger partial charge in [-0.3, -0.25) is 4.68 Å². The molecule has 21 heavy (non-hydrogen) atoms. The number of rotatable bonds is 5. The van der Waals surface area contributed by atoms with Gasteiger partial charge in [0.25, 0.3) is 0 Å². The minimum absolute atomic E-state index is 0.00413. The predicted octanol–water partition coefficient (Wildman–Crippen LogP) is 0.839. The first-order chi connectivity index (χ1) is 9.86. The Morgan fingerprint density at radius 2 is 2.14 bits per heavy atom. The molecule has 0 bridgehead atoms. The van der Waals surface area contributed by atoms with E-state index in [0.29, 0.717) is 0 Å². The summed E-state index contributed by atoms with van der Waals surface area (Å²) < 4.78 is 41.5. The van der Waals surface area contributed by atoms with Gasteiger partial charge in [-0.2, -0.15) is 9.40 Å². The summed E-state index contributed by atoms with van der Waals surface area (Å²) in [4.78, 5) is -0.101. The number of hydrogen-bond donors (Lipinski definition) is 1. The monoisotopic (exact) mass is 312 g/mol. The van der Waals surface area contributed by atoms with Crippen LogP contribution in [0.5, 0.6) is 0 Å². The molecule has 6 nitrogen and oxygen atoms in total. The molecule has 0 aliphatic carbocycles. The summed E-state index contributed by atoms with van der Waals surface area (Å²) in [6.07, 6.45) is 3.31. The molecular formula is C13H17FN4O2S. The predicted molar refractivity (Wildman–Crippen MR) is 76.2 cm³/mol. The number of nitrogens with zero attached hydrogens (tertiary/aromatic N) is 3. The Kier molecular flexibility index (Phi) is 4.40. The van der Waals surface area contributed by atoms with Crippen molar-refractivity contribution >= 4 is 10.0 Å². The van der Waals surface area contributed by atoms with Crippen LogP contribution in [0.2, 0.25) is 0 Å². The molecule has 0 unspecified atom stereocenters. The first-order valence-electron chi connectivity index (χ1n) is 6.27. The Hall–Kier alpha value is -1.77. The lowest BCUT2D eigenvalue weighted by molar-refractivity contribution is 0.464. The highest BCUT2D eigenvalue weighted by Crippen LogP contribution is 2.22. The highest BCUT2D eigenvalue weighted by Gasteiger charge is 2.25. The van der Waals surface area contributed by atoms with Gasteiger partial charge in [-0.25, -0.2) is 12.8 Å². The van der Waals surface area contributed by atoms with E-state index in [1.807, 2.05) is 0 Å². The summed E-state index contributed by atoms with van der Waals surface area (Å²) in [6.45, 7) is -0.0291. The molecular weight excluding hydrogens is 295 g/mol. The largest absolute Gasteiger partial charge is 0.326 e. The summed E-state index contributed by atoms with van der Waals surface area (Å²) >= 11 is 0. The lowest BCUT2D eigenvalue weighted by Crippen LogP contribution is -2.28. The van der Waals surface area contributed by atoms with Gasteiger partial charge >= 0.3 is 0 Å². The molecule has 0 amide bonds. The maximum absolute atomic E-state index is 13.7. The van der Waals surface area contributed by atoms with Gasteiger partial charge in [0.05, 0.1) is 11.1 Å². The van der Waals surface area contributed by atoms with E-state index in [4.69, 9.17) is 5.73 Å². The SMILES string of the molecule is CN(Cc1cnn(C)c1)S(=O)(=O)c1cccc(F)c1CN. The summed E-state index contributed by atoms with van der Waals surface area (Å²) in [7, 11) is -0.632. The van der Waals surface area contributed by atoms with Gasteiger partial charge in [0.1, 0.15) is 5.82 Å². The number of sulfonamides is 1. The van der Waals surface area contributed by atoms with E-state index in [2.05, 4.69) is 5.10 Å². The minimum Gasteiger partial charge on any atom is -0.326 e. The summed E-state index contributed by atoms with van der Waals surface area (Å²) in [5, 5.41) is 3.99. The van der Waals surface area contributed by atoms with E-state index >= 15 is 0 Å². The fourth-order valence-corrected chi connectivity index (χ4v) is 3.44. The van der Waals surface area contributed by atoms with E-state index < -0.39 is 15.8 Å². The number of aromatic nitrogens is 2.